The van der Waals surface area contributed by atoms with Crippen molar-refractivity contribution in [2.24, 2.45) is 0 Å². The molecule has 0 atom stereocenters. The van der Waals surface area contributed by atoms with Gasteiger partial charge in [-0.05, 0) is 71.7 Å². The molecule has 2 aromatic heterocycles. The lowest BCUT2D eigenvalue weighted by atomic mass is 10.1. The predicted octanol–water partition coefficient (Wildman–Crippen LogP) is 4.07. The Labute approximate surface area is 257 Å². The van der Waals surface area contributed by atoms with Gasteiger partial charge in [0.15, 0.2) is 5.82 Å². The zero-order valence-corrected chi connectivity index (χ0v) is 25.9. The van der Waals surface area contributed by atoms with Crippen LogP contribution >= 0.6 is 0 Å². The van der Waals surface area contributed by atoms with Crippen molar-refractivity contribution in [2.75, 3.05) is 48.3 Å². The van der Waals surface area contributed by atoms with Gasteiger partial charge in [0.25, 0.3) is 0 Å². The molecule has 1 fully saturated rings. The third-order valence-electron chi connectivity index (χ3n) is 6.23. The summed E-state index contributed by atoms with van der Waals surface area (Å²) in [7, 11) is 0. The number of piperazine rings is 1. The number of phenols is 1. The van der Waals surface area contributed by atoms with E-state index in [-0.39, 0.29) is 18.1 Å². The highest BCUT2D eigenvalue weighted by molar-refractivity contribution is 5.88. The van der Waals surface area contributed by atoms with E-state index < -0.39 is 23.4 Å². The number of phenolic OH excluding ortho intramolecular Hbond substituents is 1. The molecule has 0 unspecified atom stereocenters. The Kier molecular flexibility index (Phi) is 9.42. The van der Waals surface area contributed by atoms with Crippen LogP contribution in [0.3, 0.4) is 0 Å². The van der Waals surface area contributed by atoms with Crippen molar-refractivity contribution in [3.63, 3.8) is 0 Å². The van der Waals surface area contributed by atoms with E-state index in [1.807, 2.05) is 12.1 Å². The third-order valence-corrected chi connectivity index (χ3v) is 6.23. The molecule has 3 aromatic rings. The van der Waals surface area contributed by atoms with Gasteiger partial charge in [-0.25, -0.2) is 24.5 Å². The van der Waals surface area contributed by atoms with Crippen LogP contribution in [-0.2, 0) is 9.47 Å². The number of nitrogens with two attached hydrogens (primary N) is 1. The van der Waals surface area contributed by atoms with Gasteiger partial charge in [0.05, 0.1) is 17.9 Å². The van der Waals surface area contributed by atoms with Crippen molar-refractivity contribution >= 4 is 29.5 Å². The van der Waals surface area contributed by atoms with Crippen LogP contribution in [-0.4, -0.2) is 86.3 Å². The Hall–Kier alpha value is -5.12. The fraction of sp³-hybridized carbons (Fsp3) is 0.419. The van der Waals surface area contributed by atoms with E-state index in [1.165, 1.54) is 0 Å². The molecule has 44 heavy (non-hydrogen) atoms. The number of hydrogen-bond acceptors (Lipinski definition) is 12. The first-order valence-electron chi connectivity index (χ1n) is 14.2. The molecule has 3 N–H and O–H groups in total. The fourth-order valence-electron chi connectivity index (χ4n) is 4.26. The first kappa shape index (κ1) is 31.8. The number of aromatic nitrogens is 4. The number of aromatic hydroxyl groups is 1. The van der Waals surface area contributed by atoms with Crippen molar-refractivity contribution in [3.8, 4) is 28.8 Å². The Morgan fingerprint density at radius 1 is 0.955 bits per heavy atom. The second kappa shape index (κ2) is 13.0. The lowest BCUT2D eigenvalue weighted by molar-refractivity contribution is 0.00411. The van der Waals surface area contributed by atoms with Gasteiger partial charge in [-0.1, -0.05) is 18.1 Å². The van der Waals surface area contributed by atoms with Crippen LogP contribution in [0.15, 0.2) is 42.6 Å². The summed E-state index contributed by atoms with van der Waals surface area (Å²) < 4.78 is 10.7. The SMILES string of the molecule is CC(C)(C)OC(=O)N(CC#Cc1nccc(N2CCN(c3cc(-c4ccccc4O)nnc3N)CC2)n1)C(=O)OC(C)(C)C. The molecule has 13 heteroatoms. The van der Waals surface area contributed by atoms with E-state index in [4.69, 9.17) is 15.2 Å². The summed E-state index contributed by atoms with van der Waals surface area (Å²) in [5.41, 5.74) is 6.42. The van der Waals surface area contributed by atoms with E-state index in [9.17, 15) is 14.7 Å². The second-order valence-corrected chi connectivity index (χ2v) is 12.1. The minimum atomic E-state index is -0.855. The number of nitrogens with zero attached hydrogens (tertiary/aromatic N) is 7. The van der Waals surface area contributed by atoms with Crippen molar-refractivity contribution in [3.05, 3.63) is 48.4 Å². The first-order chi connectivity index (χ1) is 20.7. The normalized spacial score (nSPS) is 13.5. The predicted molar refractivity (Wildman–Crippen MR) is 166 cm³/mol. The zero-order valence-electron chi connectivity index (χ0n) is 25.9. The third kappa shape index (κ3) is 8.47. The summed E-state index contributed by atoms with van der Waals surface area (Å²) in [6, 6.07) is 10.6. The molecule has 1 aromatic carbocycles. The maximum absolute atomic E-state index is 12.7. The Balaban J connectivity index is 1.43. The average Bonchev–Trinajstić information content (AvgIpc) is 2.94. The Morgan fingerprint density at radius 3 is 2.18 bits per heavy atom. The van der Waals surface area contributed by atoms with Crippen molar-refractivity contribution < 1.29 is 24.2 Å². The van der Waals surface area contributed by atoms with Gasteiger partial charge in [-0.15, -0.1) is 10.2 Å². The van der Waals surface area contributed by atoms with Gasteiger partial charge >= 0.3 is 12.2 Å². The molecule has 0 bridgehead atoms. The number of nitrogen functional groups attached to an aromatic ring is 1. The van der Waals surface area contributed by atoms with Gasteiger partial charge in [0, 0.05) is 37.9 Å². The molecular formula is C31H38N8O5. The number of para-hydroxylation sites is 1. The van der Waals surface area contributed by atoms with E-state index in [0.717, 1.165) is 10.6 Å². The van der Waals surface area contributed by atoms with Gasteiger partial charge in [0.1, 0.15) is 22.8 Å². The number of amides is 2. The summed E-state index contributed by atoms with van der Waals surface area (Å²) in [5, 5.41) is 18.5. The van der Waals surface area contributed by atoms with Gasteiger partial charge < -0.3 is 30.1 Å². The summed E-state index contributed by atoms with van der Waals surface area (Å²) in [6.07, 6.45) is -0.0978. The van der Waals surface area contributed by atoms with Crippen LogP contribution in [0.1, 0.15) is 47.4 Å². The van der Waals surface area contributed by atoms with Crippen LogP contribution in [0.2, 0.25) is 0 Å². The number of ether oxygens (including phenoxy) is 2. The highest BCUT2D eigenvalue weighted by Gasteiger charge is 2.30. The van der Waals surface area contributed by atoms with Crippen molar-refractivity contribution in [1.82, 2.24) is 25.1 Å². The fourth-order valence-corrected chi connectivity index (χ4v) is 4.26. The molecule has 232 valence electrons. The molecule has 0 saturated carbocycles. The molecule has 4 rings (SSSR count). The Morgan fingerprint density at radius 2 is 1.57 bits per heavy atom. The zero-order chi connectivity index (χ0) is 32.1. The van der Waals surface area contributed by atoms with Gasteiger partial charge in [-0.2, -0.15) is 0 Å². The minimum Gasteiger partial charge on any atom is -0.507 e. The number of rotatable bonds is 4. The van der Waals surface area contributed by atoms with Crippen LogP contribution in [0, 0.1) is 11.8 Å². The minimum absolute atomic E-state index is 0.118. The second-order valence-electron chi connectivity index (χ2n) is 12.1. The lowest BCUT2D eigenvalue weighted by Gasteiger charge is -2.36. The molecule has 1 aliphatic rings. The highest BCUT2D eigenvalue weighted by atomic mass is 16.6. The molecule has 1 aliphatic heterocycles. The smallest absolute Gasteiger partial charge is 0.420 e. The van der Waals surface area contributed by atoms with Crippen LogP contribution in [0.4, 0.5) is 26.9 Å². The molecule has 1 saturated heterocycles. The van der Waals surface area contributed by atoms with Crippen LogP contribution < -0.4 is 15.5 Å². The number of anilines is 3. The van der Waals surface area contributed by atoms with E-state index in [2.05, 4.69) is 41.8 Å². The molecule has 13 nitrogen and oxygen atoms in total. The van der Waals surface area contributed by atoms with Gasteiger partial charge in [-0.3, -0.25) is 0 Å². The molecule has 2 amide bonds. The first-order valence-corrected chi connectivity index (χ1v) is 14.2. The maximum Gasteiger partial charge on any atom is 0.420 e. The van der Waals surface area contributed by atoms with E-state index in [0.29, 0.717) is 49.1 Å². The number of hydrogen-bond donors (Lipinski definition) is 2. The summed E-state index contributed by atoms with van der Waals surface area (Å²) in [5.74, 6) is 7.00. The summed E-state index contributed by atoms with van der Waals surface area (Å²) in [6.45, 7) is 12.5. The lowest BCUT2D eigenvalue weighted by Crippen LogP contribution is -2.47. The number of carbonyl (C=O) groups excluding carboxylic acids is 2. The van der Waals surface area contributed by atoms with Gasteiger partial charge in [0.2, 0.25) is 5.82 Å². The van der Waals surface area contributed by atoms with E-state index in [1.54, 1.807) is 72.0 Å². The number of carbonyl (C=O) groups is 2. The molecule has 0 aliphatic carbocycles. The van der Waals surface area contributed by atoms with Crippen LogP contribution in [0.25, 0.3) is 11.3 Å². The summed E-state index contributed by atoms with van der Waals surface area (Å²) in [4.78, 5) is 39.3. The standard InChI is InChI=1S/C31H38N8O5/c1-30(2,3)43-28(41)39(29(42)44-31(4,5)6)15-9-12-25-33-14-13-26(34-25)38-18-16-37(17-19-38)23-20-22(35-36-27(23)32)21-10-7-8-11-24(21)40/h7-8,10-11,13-14,20,40H,15-19H2,1-6H3,(H2,32,36). The van der Waals surface area contributed by atoms with E-state index >= 15 is 0 Å². The summed E-state index contributed by atoms with van der Waals surface area (Å²) >= 11 is 0. The molecule has 0 spiro atoms. The largest absolute Gasteiger partial charge is 0.507 e. The van der Waals surface area contributed by atoms with Crippen molar-refractivity contribution in [2.45, 2.75) is 52.7 Å². The molecule has 0 radical (unpaired) electrons. The average molecular weight is 603 g/mol. The highest BCUT2D eigenvalue weighted by Crippen LogP contribution is 2.32. The number of benzene rings is 1. The quantitative estimate of drug-likeness (QED) is 0.413. The number of imide groups is 1. The Bertz CT molecular complexity index is 1540. The molecular weight excluding hydrogens is 564 g/mol. The van der Waals surface area contributed by atoms with Crippen LogP contribution in [0.5, 0.6) is 5.75 Å². The maximum atomic E-state index is 12.7. The monoisotopic (exact) mass is 602 g/mol. The molecule has 3 heterocycles. The topological polar surface area (TPSA) is 160 Å². The van der Waals surface area contributed by atoms with Crippen molar-refractivity contribution in [1.29, 1.82) is 0 Å².